The number of nitrogens with zero attached hydrogens (tertiary/aromatic N) is 3. The standard InChI is InChI=1S/C14H8ClF3N4O2S/c15-8-1-3-9(4-2-8)22-11(14(16,17)18)10(7-20-22)24-13(23)21-12-19-5-6-25-12/h1-7H,(H,19,21,23). The highest BCUT2D eigenvalue weighted by Crippen LogP contribution is 2.37. The predicted octanol–water partition coefficient (Wildman–Crippen LogP) is 4.61. The minimum absolute atomic E-state index is 0.118. The molecule has 2 aromatic heterocycles. The largest absolute Gasteiger partial charge is 0.437 e. The average molecular weight is 389 g/mol. The molecule has 3 rings (SSSR count). The Morgan fingerprint density at radius 2 is 2.00 bits per heavy atom. The maximum atomic E-state index is 13.4. The molecule has 2 heterocycles. The number of nitrogens with one attached hydrogen (secondary N) is 1. The maximum Gasteiger partial charge on any atom is 0.437 e. The second-order valence-corrected chi connectivity index (χ2v) is 5.93. The van der Waals surface area contributed by atoms with E-state index in [4.69, 9.17) is 16.3 Å². The van der Waals surface area contributed by atoms with E-state index in [9.17, 15) is 18.0 Å². The molecule has 0 fully saturated rings. The Bertz CT molecular complexity index is 879. The second-order valence-electron chi connectivity index (χ2n) is 4.60. The quantitative estimate of drug-likeness (QED) is 0.711. The third kappa shape index (κ3) is 3.91. The number of anilines is 1. The van der Waals surface area contributed by atoms with Gasteiger partial charge in [0, 0.05) is 16.6 Å². The van der Waals surface area contributed by atoms with Crippen molar-refractivity contribution in [3.05, 3.63) is 52.8 Å². The second kappa shape index (κ2) is 6.73. The number of aromatic nitrogens is 3. The van der Waals surface area contributed by atoms with Crippen molar-refractivity contribution in [2.24, 2.45) is 0 Å². The fourth-order valence-electron chi connectivity index (χ4n) is 1.94. The van der Waals surface area contributed by atoms with Crippen LogP contribution in [0.25, 0.3) is 5.69 Å². The van der Waals surface area contributed by atoms with Crippen LogP contribution in [0.3, 0.4) is 0 Å². The summed E-state index contributed by atoms with van der Waals surface area (Å²) >= 11 is 6.83. The van der Waals surface area contributed by atoms with Gasteiger partial charge in [-0.15, -0.1) is 11.3 Å². The predicted molar refractivity (Wildman–Crippen MR) is 85.3 cm³/mol. The Kier molecular flexibility index (Phi) is 4.64. The lowest BCUT2D eigenvalue weighted by Gasteiger charge is -2.12. The van der Waals surface area contributed by atoms with Crippen LogP contribution in [0.1, 0.15) is 5.69 Å². The summed E-state index contributed by atoms with van der Waals surface area (Å²) in [7, 11) is 0. The highest BCUT2D eigenvalue weighted by Gasteiger charge is 2.40. The van der Waals surface area contributed by atoms with E-state index in [-0.39, 0.29) is 10.8 Å². The fourth-order valence-corrected chi connectivity index (χ4v) is 2.58. The number of hydrogen-bond acceptors (Lipinski definition) is 5. The number of alkyl halides is 3. The molecule has 0 aliphatic rings. The molecule has 25 heavy (non-hydrogen) atoms. The number of carbonyl (C=O) groups excluding carboxylic acids is 1. The van der Waals surface area contributed by atoms with Crippen LogP contribution in [0.15, 0.2) is 42.0 Å². The highest BCUT2D eigenvalue weighted by molar-refractivity contribution is 7.13. The van der Waals surface area contributed by atoms with Crippen molar-refractivity contribution in [2.75, 3.05) is 5.32 Å². The van der Waals surface area contributed by atoms with Gasteiger partial charge in [0.2, 0.25) is 0 Å². The van der Waals surface area contributed by atoms with E-state index in [1.165, 1.54) is 30.5 Å². The third-order valence-electron chi connectivity index (χ3n) is 2.92. The Morgan fingerprint density at radius 3 is 2.60 bits per heavy atom. The smallest absolute Gasteiger partial charge is 0.406 e. The van der Waals surface area contributed by atoms with E-state index in [0.717, 1.165) is 17.5 Å². The molecule has 0 aliphatic carbocycles. The van der Waals surface area contributed by atoms with Crippen LogP contribution < -0.4 is 10.1 Å². The molecule has 0 bridgehead atoms. The van der Waals surface area contributed by atoms with Crippen molar-refractivity contribution in [1.82, 2.24) is 14.8 Å². The SMILES string of the molecule is O=C(Nc1nccs1)Oc1cnn(-c2ccc(Cl)cc2)c1C(F)(F)F. The summed E-state index contributed by atoms with van der Waals surface area (Å²) in [4.78, 5) is 15.5. The summed E-state index contributed by atoms with van der Waals surface area (Å²) in [5, 5.41) is 8.05. The number of hydrogen-bond donors (Lipinski definition) is 1. The molecule has 6 nitrogen and oxygen atoms in total. The molecular formula is C14H8ClF3N4O2S. The van der Waals surface area contributed by atoms with Gasteiger partial charge < -0.3 is 4.74 Å². The molecule has 1 N–H and O–H groups in total. The summed E-state index contributed by atoms with van der Waals surface area (Å²) < 4.78 is 45.7. The third-order valence-corrected chi connectivity index (χ3v) is 3.86. The molecule has 0 saturated carbocycles. The van der Waals surface area contributed by atoms with E-state index < -0.39 is 23.7 Å². The summed E-state index contributed by atoms with van der Waals surface area (Å²) in [6, 6.07) is 5.58. The van der Waals surface area contributed by atoms with Crippen LogP contribution >= 0.6 is 22.9 Å². The number of benzene rings is 1. The summed E-state index contributed by atoms with van der Waals surface area (Å²) in [6.45, 7) is 0. The molecule has 0 saturated heterocycles. The zero-order chi connectivity index (χ0) is 18.0. The molecule has 130 valence electrons. The Labute approximate surface area is 147 Å². The van der Waals surface area contributed by atoms with Crippen molar-refractivity contribution in [1.29, 1.82) is 0 Å². The average Bonchev–Trinajstić information content (AvgIpc) is 3.17. The van der Waals surface area contributed by atoms with Crippen molar-refractivity contribution in [2.45, 2.75) is 6.18 Å². The van der Waals surface area contributed by atoms with Crippen LogP contribution in [0, 0.1) is 0 Å². The Morgan fingerprint density at radius 1 is 1.28 bits per heavy atom. The van der Waals surface area contributed by atoms with Crippen LogP contribution in [0.5, 0.6) is 5.75 Å². The highest BCUT2D eigenvalue weighted by atomic mass is 35.5. The van der Waals surface area contributed by atoms with Crippen molar-refractivity contribution < 1.29 is 22.7 Å². The normalized spacial score (nSPS) is 11.4. The van der Waals surface area contributed by atoms with Gasteiger partial charge in [0.1, 0.15) is 0 Å². The molecule has 3 aromatic rings. The van der Waals surface area contributed by atoms with E-state index in [1.54, 1.807) is 5.38 Å². The topological polar surface area (TPSA) is 69.0 Å². The number of amides is 1. The van der Waals surface area contributed by atoms with Gasteiger partial charge in [0.25, 0.3) is 0 Å². The van der Waals surface area contributed by atoms with E-state index >= 15 is 0 Å². The van der Waals surface area contributed by atoms with Crippen LogP contribution in [-0.2, 0) is 6.18 Å². The van der Waals surface area contributed by atoms with Gasteiger partial charge in [0.05, 0.1) is 11.9 Å². The lowest BCUT2D eigenvalue weighted by molar-refractivity contribution is -0.143. The number of rotatable bonds is 3. The van der Waals surface area contributed by atoms with Crippen LogP contribution in [0.4, 0.5) is 23.1 Å². The lowest BCUT2D eigenvalue weighted by Crippen LogP contribution is -2.20. The first-order valence-corrected chi connectivity index (χ1v) is 7.90. The minimum atomic E-state index is -4.80. The first-order valence-electron chi connectivity index (χ1n) is 6.64. The number of ether oxygens (including phenoxy) is 1. The van der Waals surface area contributed by atoms with Gasteiger partial charge in [-0.1, -0.05) is 11.6 Å². The molecule has 0 aliphatic heterocycles. The molecule has 0 radical (unpaired) electrons. The molecule has 11 heteroatoms. The van der Waals surface area contributed by atoms with Gasteiger partial charge in [-0.3, -0.25) is 5.32 Å². The Balaban J connectivity index is 1.92. The van der Waals surface area contributed by atoms with Crippen molar-refractivity contribution in [3.63, 3.8) is 0 Å². The van der Waals surface area contributed by atoms with E-state index in [1.807, 2.05) is 0 Å². The monoisotopic (exact) mass is 388 g/mol. The molecular weight excluding hydrogens is 381 g/mol. The maximum absolute atomic E-state index is 13.4. The van der Waals surface area contributed by atoms with Crippen LogP contribution in [0.2, 0.25) is 5.02 Å². The Hall–Kier alpha value is -2.59. The van der Waals surface area contributed by atoms with Gasteiger partial charge >= 0.3 is 12.3 Å². The number of halogens is 4. The zero-order valence-electron chi connectivity index (χ0n) is 12.1. The summed E-state index contributed by atoms with van der Waals surface area (Å²) in [5.74, 6) is -0.725. The first kappa shape index (κ1) is 17.2. The zero-order valence-corrected chi connectivity index (χ0v) is 13.7. The van der Waals surface area contributed by atoms with Gasteiger partial charge in [-0.2, -0.15) is 18.3 Å². The molecule has 0 atom stereocenters. The van der Waals surface area contributed by atoms with Crippen molar-refractivity contribution in [3.8, 4) is 11.4 Å². The molecule has 0 unspecified atom stereocenters. The minimum Gasteiger partial charge on any atom is -0.406 e. The van der Waals surface area contributed by atoms with Gasteiger partial charge in [0.15, 0.2) is 16.6 Å². The molecule has 1 aromatic carbocycles. The van der Waals surface area contributed by atoms with E-state index in [2.05, 4.69) is 15.4 Å². The van der Waals surface area contributed by atoms with Gasteiger partial charge in [-0.25, -0.2) is 14.5 Å². The summed E-state index contributed by atoms with van der Waals surface area (Å²) in [6.07, 6.45) is -3.65. The lowest BCUT2D eigenvalue weighted by atomic mass is 10.3. The van der Waals surface area contributed by atoms with E-state index in [0.29, 0.717) is 9.70 Å². The van der Waals surface area contributed by atoms with Gasteiger partial charge in [-0.05, 0) is 24.3 Å². The van der Waals surface area contributed by atoms with Crippen LogP contribution in [-0.4, -0.2) is 20.9 Å². The first-order chi connectivity index (χ1) is 11.8. The molecule has 1 amide bonds. The number of thiazole rings is 1. The summed E-state index contributed by atoms with van der Waals surface area (Å²) in [5.41, 5.74) is -1.10. The fraction of sp³-hybridized carbons (Fsp3) is 0.0714. The molecule has 0 spiro atoms. The van der Waals surface area contributed by atoms with Crippen molar-refractivity contribution >= 4 is 34.2 Å². The number of carbonyl (C=O) groups is 1.